The van der Waals surface area contributed by atoms with Crippen LogP contribution in [0.15, 0.2) is 24.3 Å². The maximum Gasteiger partial charge on any atom is 0.222 e. The smallest absolute Gasteiger partial charge is 0.222 e. The van der Waals surface area contributed by atoms with Gasteiger partial charge in [-0.1, -0.05) is 12.1 Å². The molecular weight excluding hydrogens is 244 g/mol. The summed E-state index contributed by atoms with van der Waals surface area (Å²) in [6.45, 7) is 2.13. The van der Waals surface area contributed by atoms with E-state index in [4.69, 9.17) is 0 Å². The van der Waals surface area contributed by atoms with Crippen LogP contribution in [0.5, 0.6) is 0 Å². The molecule has 6 heteroatoms. The highest BCUT2D eigenvalue weighted by Gasteiger charge is 2.05. The third kappa shape index (κ3) is 3.80. The average Bonchev–Trinajstić information content (AvgIpc) is 2.78. The van der Waals surface area contributed by atoms with E-state index in [1.807, 2.05) is 24.3 Å². The summed E-state index contributed by atoms with van der Waals surface area (Å²) in [6, 6.07) is 7.69. The normalized spacial score (nSPS) is 10.4. The number of hydrogen-bond acceptors (Lipinski definition) is 3. The summed E-state index contributed by atoms with van der Waals surface area (Å²) in [4.78, 5) is 29.6. The van der Waals surface area contributed by atoms with Gasteiger partial charge in [0.1, 0.15) is 5.82 Å². The van der Waals surface area contributed by atoms with Crippen LogP contribution in [0.4, 0.5) is 0 Å². The number of nitrogens with one attached hydrogen (secondary N) is 3. The van der Waals surface area contributed by atoms with Crippen LogP contribution in [-0.4, -0.2) is 28.3 Å². The van der Waals surface area contributed by atoms with Gasteiger partial charge < -0.3 is 15.6 Å². The molecule has 0 fully saturated rings. The van der Waals surface area contributed by atoms with E-state index in [-0.39, 0.29) is 18.2 Å². The molecule has 1 aromatic heterocycles. The predicted molar refractivity (Wildman–Crippen MR) is 71.2 cm³/mol. The lowest BCUT2D eigenvalue weighted by Crippen LogP contribution is -2.29. The van der Waals surface area contributed by atoms with Gasteiger partial charge in [-0.25, -0.2) is 4.98 Å². The highest BCUT2D eigenvalue weighted by atomic mass is 16.2. The number of H-pyrrole nitrogens is 1. The molecule has 0 aliphatic carbocycles. The second-order valence-electron chi connectivity index (χ2n) is 4.21. The molecule has 0 atom stereocenters. The molecule has 0 saturated heterocycles. The van der Waals surface area contributed by atoms with E-state index in [1.54, 1.807) is 0 Å². The Labute approximate surface area is 110 Å². The summed E-state index contributed by atoms with van der Waals surface area (Å²) >= 11 is 0. The van der Waals surface area contributed by atoms with E-state index in [0.717, 1.165) is 11.0 Å². The standard InChI is InChI=1S/C13H16N4O2/c1-9(18)14-7-6-13(19)15-8-12-16-10-4-2-3-5-11(10)17-12/h2-5H,6-8H2,1H3,(H,14,18)(H,15,19)(H,16,17). The average molecular weight is 260 g/mol. The Morgan fingerprint density at radius 2 is 2.05 bits per heavy atom. The summed E-state index contributed by atoms with van der Waals surface area (Å²) in [6.07, 6.45) is 0.264. The molecule has 1 heterocycles. The minimum atomic E-state index is -0.134. The fourth-order valence-electron chi connectivity index (χ4n) is 1.71. The van der Waals surface area contributed by atoms with Gasteiger partial charge in [-0.3, -0.25) is 9.59 Å². The Hall–Kier alpha value is -2.37. The van der Waals surface area contributed by atoms with Gasteiger partial charge in [-0.15, -0.1) is 0 Å². The van der Waals surface area contributed by atoms with Crippen LogP contribution in [0, 0.1) is 0 Å². The Kier molecular flexibility index (Phi) is 4.12. The second-order valence-corrected chi connectivity index (χ2v) is 4.21. The first-order valence-electron chi connectivity index (χ1n) is 6.10. The topological polar surface area (TPSA) is 86.9 Å². The number of nitrogens with zero attached hydrogens (tertiary/aromatic N) is 1. The van der Waals surface area contributed by atoms with Crippen molar-refractivity contribution in [3.05, 3.63) is 30.1 Å². The van der Waals surface area contributed by atoms with Gasteiger partial charge in [0, 0.05) is 19.9 Å². The Morgan fingerprint density at radius 1 is 1.26 bits per heavy atom. The number of carbonyl (C=O) groups excluding carboxylic acids is 2. The van der Waals surface area contributed by atoms with Crippen LogP contribution < -0.4 is 10.6 Å². The zero-order valence-corrected chi connectivity index (χ0v) is 10.7. The van der Waals surface area contributed by atoms with E-state index < -0.39 is 0 Å². The van der Waals surface area contributed by atoms with Crippen LogP contribution >= 0.6 is 0 Å². The van der Waals surface area contributed by atoms with Crippen molar-refractivity contribution < 1.29 is 9.59 Å². The maximum absolute atomic E-state index is 11.5. The van der Waals surface area contributed by atoms with Gasteiger partial charge in [0.2, 0.25) is 11.8 Å². The number of imidazole rings is 1. The molecule has 2 amide bonds. The highest BCUT2D eigenvalue weighted by molar-refractivity contribution is 5.78. The van der Waals surface area contributed by atoms with Crippen molar-refractivity contribution in [3.63, 3.8) is 0 Å². The molecular formula is C13H16N4O2. The van der Waals surface area contributed by atoms with E-state index in [2.05, 4.69) is 20.6 Å². The number of fused-ring (bicyclic) bond motifs is 1. The van der Waals surface area contributed by atoms with Crippen molar-refractivity contribution in [1.29, 1.82) is 0 Å². The van der Waals surface area contributed by atoms with Crippen molar-refractivity contribution in [2.45, 2.75) is 19.9 Å². The van der Waals surface area contributed by atoms with Gasteiger partial charge in [-0.05, 0) is 12.1 Å². The number of benzene rings is 1. The number of para-hydroxylation sites is 2. The highest BCUT2D eigenvalue weighted by Crippen LogP contribution is 2.09. The minimum absolute atomic E-state index is 0.116. The predicted octanol–water partition coefficient (Wildman–Crippen LogP) is 0.705. The minimum Gasteiger partial charge on any atom is -0.356 e. The summed E-state index contributed by atoms with van der Waals surface area (Å²) in [5, 5.41) is 5.32. The molecule has 0 unspecified atom stereocenters. The fraction of sp³-hybridized carbons (Fsp3) is 0.308. The number of aromatic nitrogens is 2. The fourth-order valence-corrected chi connectivity index (χ4v) is 1.71. The van der Waals surface area contributed by atoms with Crippen LogP contribution in [-0.2, 0) is 16.1 Å². The van der Waals surface area contributed by atoms with E-state index in [0.29, 0.717) is 18.9 Å². The molecule has 1 aromatic carbocycles. The second kappa shape index (κ2) is 5.99. The molecule has 0 radical (unpaired) electrons. The summed E-state index contributed by atoms with van der Waals surface area (Å²) in [7, 11) is 0. The Morgan fingerprint density at radius 3 is 2.79 bits per heavy atom. The summed E-state index contributed by atoms with van der Waals surface area (Å²) < 4.78 is 0. The first-order valence-corrected chi connectivity index (χ1v) is 6.10. The maximum atomic E-state index is 11.5. The Balaban J connectivity index is 1.81. The van der Waals surface area contributed by atoms with Crippen molar-refractivity contribution in [1.82, 2.24) is 20.6 Å². The number of amides is 2. The number of rotatable bonds is 5. The van der Waals surface area contributed by atoms with Crippen molar-refractivity contribution in [2.75, 3.05) is 6.54 Å². The van der Waals surface area contributed by atoms with Gasteiger partial charge in [0.25, 0.3) is 0 Å². The first kappa shape index (κ1) is 13.1. The molecule has 2 aromatic rings. The van der Waals surface area contributed by atoms with Gasteiger partial charge in [-0.2, -0.15) is 0 Å². The molecule has 2 rings (SSSR count). The molecule has 0 bridgehead atoms. The van der Waals surface area contributed by atoms with Gasteiger partial charge in [0.05, 0.1) is 17.6 Å². The lowest BCUT2D eigenvalue weighted by Gasteiger charge is -2.03. The van der Waals surface area contributed by atoms with Crippen molar-refractivity contribution in [3.8, 4) is 0 Å². The Bertz CT molecular complexity index is 558. The van der Waals surface area contributed by atoms with E-state index >= 15 is 0 Å². The summed E-state index contributed by atoms with van der Waals surface area (Å²) in [5.74, 6) is 0.466. The zero-order valence-electron chi connectivity index (χ0n) is 10.7. The monoisotopic (exact) mass is 260 g/mol. The molecule has 0 aliphatic heterocycles. The third-order valence-corrected chi connectivity index (χ3v) is 2.62. The zero-order chi connectivity index (χ0) is 13.7. The molecule has 0 aliphatic rings. The molecule has 3 N–H and O–H groups in total. The van der Waals surface area contributed by atoms with Crippen LogP contribution in [0.2, 0.25) is 0 Å². The van der Waals surface area contributed by atoms with Crippen LogP contribution in [0.25, 0.3) is 11.0 Å². The largest absolute Gasteiger partial charge is 0.356 e. The molecule has 100 valence electrons. The van der Waals surface area contributed by atoms with E-state index in [9.17, 15) is 9.59 Å². The third-order valence-electron chi connectivity index (χ3n) is 2.62. The van der Waals surface area contributed by atoms with Gasteiger partial charge in [0.15, 0.2) is 0 Å². The lowest BCUT2D eigenvalue weighted by atomic mass is 10.3. The van der Waals surface area contributed by atoms with Crippen LogP contribution in [0.3, 0.4) is 0 Å². The van der Waals surface area contributed by atoms with Crippen LogP contribution in [0.1, 0.15) is 19.2 Å². The van der Waals surface area contributed by atoms with Crippen molar-refractivity contribution in [2.24, 2.45) is 0 Å². The lowest BCUT2D eigenvalue weighted by molar-refractivity contribution is -0.121. The molecule has 0 spiro atoms. The van der Waals surface area contributed by atoms with Crippen molar-refractivity contribution >= 4 is 22.8 Å². The SMILES string of the molecule is CC(=O)NCCC(=O)NCc1nc2ccccc2[nH]1. The number of hydrogen-bond donors (Lipinski definition) is 3. The summed E-state index contributed by atoms with van der Waals surface area (Å²) in [5.41, 5.74) is 1.83. The van der Waals surface area contributed by atoms with E-state index in [1.165, 1.54) is 6.92 Å². The number of aromatic amines is 1. The van der Waals surface area contributed by atoms with Gasteiger partial charge >= 0.3 is 0 Å². The molecule has 19 heavy (non-hydrogen) atoms. The molecule has 0 saturated carbocycles. The molecule has 6 nitrogen and oxygen atoms in total. The quantitative estimate of drug-likeness (QED) is 0.739. The first-order chi connectivity index (χ1) is 9.15. The number of carbonyl (C=O) groups is 2.